The second kappa shape index (κ2) is 4.63. The number of carbonyl (C=O) groups excluding carboxylic acids is 2. The lowest BCUT2D eigenvalue weighted by molar-refractivity contribution is -0.142. The van der Waals surface area contributed by atoms with Gasteiger partial charge in [0.05, 0.1) is 7.11 Å². The highest BCUT2D eigenvalue weighted by Gasteiger charge is 2.18. The van der Waals surface area contributed by atoms with Gasteiger partial charge in [-0.15, -0.1) is 0 Å². The van der Waals surface area contributed by atoms with E-state index in [9.17, 15) is 9.59 Å². The number of carbonyl (C=O) groups is 2. The Balaban J connectivity index is 2.60. The molecular weight excluding hydrogens is 198 g/mol. The van der Waals surface area contributed by atoms with Crippen molar-refractivity contribution >= 4 is 11.9 Å². The van der Waals surface area contributed by atoms with Crippen molar-refractivity contribution in [2.75, 3.05) is 7.11 Å². The molecule has 5 nitrogen and oxygen atoms in total. The maximum atomic E-state index is 11.5. The number of nitrogens with one attached hydrogen (secondary N) is 1. The highest BCUT2D eigenvalue weighted by molar-refractivity contribution is 5.94. The van der Waals surface area contributed by atoms with Crippen LogP contribution in [-0.2, 0) is 9.53 Å². The van der Waals surface area contributed by atoms with Crippen molar-refractivity contribution in [3.05, 3.63) is 23.7 Å². The summed E-state index contributed by atoms with van der Waals surface area (Å²) in [6, 6.07) is 2.54. The summed E-state index contributed by atoms with van der Waals surface area (Å²) < 4.78 is 9.57. The molecule has 1 unspecified atom stereocenters. The van der Waals surface area contributed by atoms with E-state index in [0.29, 0.717) is 5.76 Å². The molecule has 15 heavy (non-hydrogen) atoms. The van der Waals surface area contributed by atoms with E-state index < -0.39 is 17.9 Å². The van der Waals surface area contributed by atoms with Crippen molar-refractivity contribution in [3.63, 3.8) is 0 Å². The van der Waals surface area contributed by atoms with Crippen LogP contribution in [0.1, 0.15) is 23.2 Å². The maximum absolute atomic E-state index is 11.5. The number of furan rings is 1. The van der Waals surface area contributed by atoms with Crippen LogP contribution in [0, 0.1) is 6.92 Å². The Morgan fingerprint density at radius 1 is 1.47 bits per heavy atom. The summed E-state index contributed by atoms with van der Waals surface area (Å²) in [6.07, 6.45) is 0. The molecule has 0 spiro atoms. The Morgan fingerprint density at radius 2 is 2.13 bits per heavy atom. The molecule has 1 rings (SSSR count). The van der Waals surface area contributed by atoms with Crippen LogP contribution < -0.4 is 5.32 Å². The number of rotatable bonds is 3. The molecule has 1 aromatic rings. The summed E-state index contributed by atoms with van der Waals surface area (Å²) in [5.41, 5.74) is 0. The fourth-order valence-electron chi connectivity index (χ4n) is 1.06. The van der Waals surface area contributed by atoms with E-state index >= 15 is 0 Å². The van der Waals surface area contributed by atoms with Crippen LogP contribution in [0.2, 0.25) is 0 Å². The minimum absolute atomic E-state index is 0.184. The average Bonchev–Trinajstić information content (AvgIpc) is 2.63. The maximum Gasteiger partial charge on any atom is 0.328 e. The lowest BCUT2D eigenvalue weighted by atomic mass is 10.3. The van der Waals surface area contributed by atoms with Crippen LogP contribution in [0.25, 0.3) is 0 Å². The van der Waals surface area contributed by atoms with Gasteiger partial charge in [0.2, 0.25) is 0 Å². The Labute approximate surface area is 87.4 Å². The Morgan fingerprint density at radius 3 is 2.60 bits per heavy atom. The molecule has 5 heteroatoms. The zero-order valence-corrected chi connectivity index (χ0v) is 8.87. The largest absolute Gasteiger partial charge is 0.467 e. The molecule has 0 aliphatic rings. The number of amides is 1. The fraction of sp³-hybridized carbons (Fsp3) is 0.400. The van der Waals surface area contributed by atoms with Gasteiger partial charge in [0.25, 0.3) is 5.91 Å². The van der Waals surface area contributed by atoms with Crippen molar-refractivity contribution in [1.82, 2.24) is 5.32 Å². The third-order valence-electron chi connectivity index (χ3n) is 1.87. The van der Waals surface area contributed by atoms with Gasteiger partial charge in [0, 0.05) is 0 Å². The predicted octanol–water partition coefficient (Wildman–Crippen LogP) is 0.879. The zero-order valence-electron chi connectivity index (χ0n) is 8.87. The monoisotopic (exact) mass is 211 g/mol. The van der Waals surface area contributed by atoms with Crippen molar-refractivity contribution in [2.45, 2.75) is 19.9 Å². The molecule has 1 heterocycles. The molecule has 1 N–H and O–H groups in total. The van der Waals surface area contributed by atoms with Gasteiger partial charge in [-0.1, -0.05) is 0 Å². The van der Waals surface area contributed by atoms with Gasteiger partial charge in [-0.3, -0.25) is 4.79 Å². The number of methoxy groups -OCH3 is 1. The molecule has 0 saturated carbocycles. The third-order valence-corrected chi connectivity index (χ3v) is 1.87. The second-order valence-corrected chi connectivity index (χ2v) is 3.13. The minimum atomic E-state index is -0.687. The van der Waals surface area contributed by atoms with Gasteiger partial charge in [-0.05, 0) is 26.0 Å². The fourth-order valence-corrected chi connectivity index (χ4v) is 1.06. The van der Waals surface area contributed by atoms with E-state index in [1.165, 1.54) is 7.11 Å². The van der Waals surface area contributed by atoms with Gasteiger partial charge in [-0.2, -0.15) is 0 Å². The summed E-state index contributed by atoms with van der Waals surface area (Å²) in [7, 11) is 1.27. The average molecular weight is 211 g/mol. The molecule has 1 amide bonds. The van der Waals surface area contributed by atoms with E-state index in [1.54, 1.807) is 26.0 Å². The number of hydrogen-bond acceptors (Lipinski definition) is 4. The number of hydrogen-bond donors (Lipinski definition) is 1. The molecule has 0 saturated heterocycles. The molecule has 0 fully saturated rings. The van der Waals surface area contributed by atoms with Crippen LogP contribution in [0.4, 0.5) is 0 Å². The van der Waals surface area contributed by atoms with Crippen LogP contribution in [0.3, 0.4) is 0 Å². The molecule has 0 aliphatic carbocycles. The van der Waals surface area contributed by atoms with Gasteiger partial charge in [0.15, 0.2) is 5.76 Å². The lowest BCUT2D eigenvalue weighted by Gasteiger charge is -2.09. The first-order valence-electron chi connectivity index (χ1n) is 4.49. The van der Waals surface area contributed by atoms with Gasteiger partial charge >= 0.3 is 5.97 Å². The van der Waals surface area contributed by atoms with Crippen molar-refractivity contribution < 1.29 is 18.7 Å². The standard InChI is InChI=1S/C10H13NO4/c1-6-4-5-8(15-6)9(12)11-7(2)10(13)14-3/h4-5,7H,1-3H3,(H,11,12). The van der Waals surface area contributed by atoms with E-state index in [2.05, 4.69) is 10.1 Å². The normalized spacial score (nSPS) is 11.9. The summed E-state index contributed by atoms with van der Waals surface area (Å²) in [4.78, 5) is 22.5. The first-order valence-corrected chi connectivity index (χ1v) is 4.49. The van der Waals surface area contributed by atoms with Crippen LogP contribution in [0.5, 0.6) is 0 Å². The van der Waals surface area contributed by atoms with Crippen LogP contribution in [0.15, 0.2) is 16.5 Å². The van der Waals surface area contributed by atoms with Crippen LogP contribution in [-0.4, -0.2) is 25.0 Å². The molecule has 0 bridgehead atoms. The Kier molecular flexibility index (Phi) is 3.49. The molecule has 0 radical (unpaired) electrons. The topological polar surface area (TPSA) is 68.5 Å². The smallest absolute Gasteiger partial charge is 0.328 e. The van der Waals surface area contributed by atoms with Gasteiger partial charge in [0.1, 0.15) is 11.8 Å². The van der Waals surface area contributed by atoms with Crippen molar-refractivity contribution in [3.8, 4) is 0 Å². The quantitative estimate of drug-likeness (QED) is 0.753. The highest BCUT2D eigenvalue weighted by Crippen LogP contribution is 2.06. The highest BCUT2D eigenvalue weighted by atomic mass is 16.5. The SMILES string of the molecule is COC(=O)C(C)NC(=O)c1ccc(C)o1. The van der Waals surface area contributed by atoms with Gasteiger partial charge in [-0.25, -0.2) is 4.79 Å². The minimum Gasteiger partial charge on any atom is -0.467 e. The van der Waals surface area contributed by atoms with Crippen molar-refractivity contribution in [2.24, 2.45) is 0 Å². The molecule has 1 atom stereocenters. The second-order valence-electron chi connectivity index (χ2n) is 3.13. The van der Waals surface area contributed by atoms with E-state index in [4.69, 9.17) is 4.42 Å². The van der Waals surface area contributed by atoms with Crippen molar-refractivity contribution in [1.29, 1.82) is 0 Å². The number of esters is 1. The van der Waals surface area contributed by atoms with Gasteiger partial charge < -0.3 is 14.5 Å². The molecular formula is C10H13NO4. The zero-order chi connectivity index (χ0) is 11.4. The molecule has 0 aliphatic heterocycles. The number of ether oxygens (including phenoxy) is 1. The first-order chi connectivity index (χ1) is 7.04. The lowest BCUT2D eigenvalue weighted by Crippen LogP contribution is -2.38. The molecule has 82 valence electrons. The summed E-state index contributed by atoms with van der Waals surface area (Å²) >= 11 is 0. The predicted molar refractivity (Wildman–Crippen MR) is 52.4 cm³/mol. The Hall–Kier alpha value is -1.78. The van der Waals surface area contributed by atoms with Crippen LogP contribution >= 0.6 is 0 Å². The summed E-state index contributed by atoms with van der Waals surface area (Å²) in [5.74, 6) is -0.0956. The van der Waals surface area contributed by atoms with E-state index in [1.807, 2.05) is 0 Å². The molecule has 0 aromatic carbocycles. The third kappa shape index (κ3) is 2.83. The Bertz CT molecular complexity index is 369. The number of aryl methyl sites for hydroxylation is 1. The first kappa shape index (κ1) is 11.3. The molecule has 1 aromatic heterocycles. The van der Waals surface area contributed by atoms with E-state index in [0.717, 1.165) is 0 Å². The summed E-state index contributed by atoms with van der Waals surface area (Å²) in [6.45, 7) is 3.28. The summed E-state index contributed by atoms with van der Waals surface area (Å²) in [5, 5.41) is 2.45. The van der Waals surface area contributed by atoms with E-state index in [-0.39, 0.29) is 5.76 Å².